The number of nitrogens with one attached hydrogen (secondary N) is 1. The number of ether oxygens (including phenoxy) is 2. The maximum absolute atomic E-state index is 12.3. The molecular weight excluding hydrogens is 308 g/mol. The second-order valence-corrected chi connectivity index (χ2v) is 5.41. The van der Waals surface area contributed by atoms with Gasteiger partial charge in [0.2, 0.25) is 0 Å². The van der Waals surface area contributed by atoms with E-state index in [0.717, 1.165) is 25.7 Å². The largest absolute Gasteiger partial charge is 0.449 e. The maximum atomic E-state index is 12.3. The highest BCUT2D eigenvalue weighted by molar-refractivity contribution is 5.94. The SMILES string of the molecule is CC(OC(=O)c1ccccc1OC(F)F)C(=O)NC1CCCC1. The smallest absolute Gasteiger partial charge is 0.387 e. The van der Waals surface area contributed by atoms with E-state index < -0.39 is 24.6 Å². The summed E-state index contributed by atoms with van der Waals surface area (Å²) in [6, 6.07) is 5.62. The van der Waals surface area contributed by atoms with Crippen molar-refractivity contribution in [1.82, 2.24) is 5.32 Å². The van der Waals surface area contributed by atoms with Gasteiger partial charge in [-0.1, -0.05) is 25.0 Å². The second-order valence-electron chi connectivity index (χ2n) is 5.41. The average Bonchev–Trinajstić information content (AvgIpc) is 2.99. The first-order valence-corrected chi connectivity index (χ1v) is 7.52. The van der Waals surface area contributed by atoms with Crippen LogP contribution in [0.5, 0.6) is 5.75 Å². The average molecular weight is 327 g/mol. The molecule has 1 aliphatic rings. The number of amides is 1. The summed E-state index contributed by atoms with van der Waals surface area (Å²) >= 11 is 0. The Bertz CT molecular complexity index is 559. The Balaban J connectivity index is 1.96. The van der Waals surface area contributed by atoms with Crippen LogP contribution in [0, 0.1) is 0 Å². The number of halogens is 2. The van der Waals surface area contributed by atoms with Gasteiger partial charge in [-0.25, -0.2) is 4.79 Å². The van der Waals surface area contributed by atoms with Crippen LogP contribution in [0.15, 0.2) is 24.3 Å². The van der Waals surface area contributed by atoms with Crippen LogP contribution in [0.25, 0.3) is 0 Å². The standard InChI is InChI=1S/C16H19F2NO4/c1-10(14(20)19-11-6-2-3-7-11)22-15(21)12-8-4-5-9-13(12)23-16(17)18/h4-5,8-11,16H,2-3,6-7H2,1H3,(H,19,20). The van der Waals surface area contributed by atoms with Crippen LogP contribution in [0.3, 0.4) is 0 Å². The molecule has 0 saturated heterocycles. The lowest BCUT2D eigenvalue weighted by Crippen LogP contribution is -2.40. The summed E-state index contributed by atoms with van der Waals surface area (Å²) in [5.74, 6) is -1.55. The van der Waals surface area contributed by atoms with Gasteiger partial charge in [0.25, 0.3) is 5.91 Å². The summed E-state index contributed by atoms with van der Waals surface area (Å²) in [6.07, 6.45) is 2.95. The Morgan fingerprint density at radius 1 is 1.22 bits per heavy atom. The molecule has 1 N–H and O–H groups in total. The number of benzene rings is 1. The zero-order chi connectivity index (χ0) is 16.8. The lowest BCUT2D eigenvalue weighted by molar-refractivity contribution is -0.129. The molecule has 0 bridgehead atoms. The van der Waals surface area contributed by atoms with Gasteiger partial charge in [-0.15, -0.1) is 0 Å². The summed E-state index contributed by atoms with van der Waals surface area (Å²) in [5, 5.41) is 2.81. The highest BCUT2D eigenvalue weighted by atomic mass is 19.3. The van der Waals surface area contributed by atoms with Crippen molar-refractivity contribution in [3.8, 4) is 5.75 Å². The fourth-order valence-electron chi connectivity index (χ4n) is 2.50. The second kappa shape index (κ2) is 7.89. The molecule has 1 unspecified atom stereocenters. The quantitative estimate of drug-likeness (QED) is 0.816. The van der Waals surface area contributed by atoms with Gasteiger partial charge < -0.3 is 14.8 Å². The van der Waals surface area contributed by atoms with Gasteiger partial charge in [0.15, 0.2) is 6.10 Å². The summed E-state index contributed by atoms with van der Waals surface area (Å²) < 4.78 is 34.0. The zero-order valence-corrected chi connectivity index (χ0v) is 12.8. The summed E-state index contributed by atoms with van der Waals surface area (Å²) in [6.45, 7) is -1.61. The number of carbonyl (C=O) groups excluding carboxylic acids is 2. The molecule has 5 nitrogen and oxygen atoms in total. The van der Waals surface area contributed by atoms with Crippen molar-refractivity contribution in [3.63, 3.8) is 0 Å². The van der Waals surface area contributed by atoms with E-state index in [4.69, 9.17) is 4.74 Å². The third kappa shape index (κ3) is 4.91. The molecule has 7 heteroatoms. The number of carbonyl (C=O) groups is 2. The highest BCUT2D eigenvalue weighted by Crippen LogP contribution is 2.22. The Labute approximate surface area is 133 Å². The van der Waals surface area contributed by atoms with E-state index in [1.807, 2.05) is 0 Å². The molecular formula is C16H19F2NO4. The Morgan fingerprint density at radius 2 is 1.87 bits per heavy atom. The molecule has 1 amide bonds. The topological polar surface area (TPSA) is 64.6 Å². The molecule has 1 aliphatic carbocycles. The maximum Gasteiger partial charge on any atom is 0.387 e. The molecule has 1 atom stereocenters. The first-order chi connectivity index (χ1) is 11.0. The van der Waals surface area contributed by atoms with E-state index in [9.17, 15) is 18.4 Å². The van der Waals surface area contributed by atoms with Gasteiger partial charge in [-0.05, 0) is 31.9 Å². The monoisotopic (exact) mass is 327 g/mol. The van der Waals surface area contributed by atoms with E-state index >= 15 is 0 Å². The molecule has 1 saturated carbocycles. The Kier molecular flexibility index (Phi) is 5.90. The highest BCUT2D eigenvalue weighted by Gasteiger charge is 2.25. The van der Waals surface area contributed by atoms with Gasteiger partial charge in [0.05, 0.1) is 0 Å². The molecule has 0 radical (unpaired) electrons. The first kappa shape index (κ1) is 17.2. The van der Waals surface area contributed by atoms with E-state index in [-0.39, 0.29) is 17.4 Å². The van der Waals surface area contributed by atoms with Crippen LogP contribution in [-0.2, 0) is 9.53 Å². The minimum atomic E-state index is -3.05. The Hall–Kier alpha value is -2.18. The van der Waals surface area contributed by atoms with E-state index in [1.54, 1.807) is 0 Å². The van der Waals surface area contributed by atoms with Crippen molar-refractivity contribution in [1.29, 1.82) is 0 Å². The number of hydrogen-bond donors (Lipinski definition) is 1. The van der Waals surface area contributed by atoms with E-state index in [0.29, 0.717) is 0 Å². The number of hydrogen-bond acceptors (Lipinski definition) is 4. The predicted octanol–water partition coefficient (Wildman–Crippen LogP) is 2.89. The Morgan fingerprint density at radius 3 is 2.52 bits per heavy atom. The summed E-state index contributed by atoms with van der Waals surface area (Å²) in [5.41, 5.74) is -0.145. The van der Waals surface area contributed by atoms with Gasteiger partial charge >= 0.3 is 12.6 Å². The number of para-hydroxylation sites is 1. The third-order valence-corrected chi connectivity index (χ3v) is 3.68. The number of rotatable bonds is 6. The third-order valence-electron chi connectivity index (χ3n) is 3.68. The summed E-state index contributed by atoms with van der Waals surface area (Å²) in [4.78, 5) is 24.1. The molecule has 23 heavy (non-hydrogen) atoms. The molecule has 1 aromatic carbocycles. The molecule has 0 heterocycles. The van der Waals surface area contributed by atoms with Crippen LogP contribution < -0.4 is 10.1 Å². The number of alkyl halides is 2. The van der Waals surface area contributed by atoms with Crippen LogP contribution in [0.2, 0.25) is 0 Å². The van der Waals surface area contributed by atoms with Crippen molar-refractivity contribution in [3.05, 3.63) is 29.8 Å². The minimum absolute atomic E-state index is 0.109. The minimum Gasteiger partial charge on any atom is -0.449 e. The van der Waals surface area contributed by atoms with Crippen LogP contribution in [-0.4, -0.2) is 30.6 Å². The predicted molar refractivity (Wildman–Crippen MR) is 78.4 cm³/mol. The lowest BCUT2D eigenvalue weighted by atomic mass is 10.2. The van der Waals surface area contributed by atoms with E-state index in [1.165, 1.54) is 31.2 Å². The normalized spacial score (nSPS) is 16.2. The van der Waals surface area contributed by atoms with E-state index in [2.05, 4.69) is 10.1 Å². The lowest BCUT2D eigenvalue weighted by Gasteiger charge is -2.17. The fourth-order valence-corrected chi connectivity index (χ4v) is 2.50. The fraction of sp³-hybridized carbons (Fsp3) is 0.500. The van der Waals surface area contributed by atoms with Crippen molar-refractivity contribution in [2.45, 2.75) is 51.4 Å². The molecule has 1 aromatic rings. The molecule has 2 rings (SSSR count). The van der Waals surface area contributed by atoms with Gasteiger partial charge in [0, 0.05) is 6.04 Å². The molecule has 1 fully saturated rings. The molecule has 0 aromatic heterocycles. The summed E-state index contributed by atoms with van der Waals surface area (Å²) in [7, 11) is 0. The molecule has 0 spiro atoms. The first-order valence-electron chi connectivity index (χ1n) is 7.52. The van der Waals surface area contributed by atoms with Crippen LogP contribution in [0.1, 0.15) is 43.0 Å². The zero-order valence-electron chi connectivity index (χ0n) is 12.8. The number of esters is 1. The van der Waals surface area contributed by atoms with Crippen molar-refractivity contribution in [2.75, 3.05) is 0 Å². The van der Waals surface area contributed by atoms with Gasteiger partial charge in [0.1, 0.15) is 11.3 Å². The molecule has 126 valence electrons. The van der Waals surface area contributed by atoms with Crippen LogP contribution >= 0.6 is 0 Å². The van der Waals surface area contributed by atoms with Gasteiger partial charge in [-0.2, -0.15) is 8.78 Å². The van der Waals surface area contributed by atoms with Crippen LogP contribution in [0.4, 0.5) is 8.78 Å². The van der Waals surface area contributed by atoms with Crippen molar-refractivity contribution < 1.29 is 27.8 Å². The van der Waals surface area contributed by atoms with Crippen molar-refractivity contribution >= 4 is 11.9 Å². The molecule has 0 aliphatic heterocycles. The van der Waals surface area contributed by atoms with Crippen molar-refractivity contribution in [2.24, 2.45) is 0 Å². The van der Waals surface area contributed by atoms with Gasteiger partial charge in [-0.3, -0.25) is 4.79 Å².